The molecule has 0 N–H and O–H groups in total. The van der Waals surface area contributed by atoms with Gasteiger partial charge in [-0.25, -0.2) is 0 Å². The number of ether oxygens (including phenoxy) is 1. The molecule has 20 heavy (non-hydrogen) atoms. The predicted molar refractivity (Wildman–Crippen MR) is 78.4 cm³/mol. The molecule has 0 bridgehead atoms. The number of nitriles is 1. The van der Waals surface area contributed by atoms with Crippen molar-refractivity contribution < 1.29 is 9.53 Å². The van der Waals surface area contributed by atoms with Crippen molar-refractivity contribution in [3.63, 3.8) is 0 Å². The fraction of sp³-hybridized carbons (Fsp3) is 0.500. The van der Waals surface area contributed by atoms with Gasteiger partial charge in [-0.05, 0) is 37.1 Å². The third-order valence-corrected chi connectivity index (χ3v) is 3.31. The molecule has 1 rings (SSSR count). The molecule has 1 amide bonds. The minimum Gasteiger partial charge on any atom is -0.484 e. The SMILES string of the molecule is CCC(C)CN(CC)C(=O)COc1ccc(C#N)cc1. The van der Waals surface area contributed by atoms with Gasteiger partial charge in [-0.2, -0.15) is 5.26 Å². The maximum atomic E-state index is 12.1. The summed E-state index contributed by atoms with van der Waals surface area (Å²) in [7, 11) is 0. The van der Waals surface area contributed by atoms with Gasteiger partial charge in [0.15, 0.2) is 6.61 Å². The molecule has 0 fully saturated rings. The lowest BCUT2D eigenvalue weighted by Crippen LogP contribution is -2.37. The van der Waals surface area contributed by atoms with Gasteiger partial charge in [0, 0.05) is 13.1 Å². The molecule has 0 saturated carbocycles. The highest BCUT2D eigenvalue weighted by atomic mass is 16.5. The zero-order valence-corrected chi connectivity index (χ0v) is 12.4. The minimum absolute atomic E-state index is 0.00263. The zero-order chi connectivity index (χ0) is 15.0. The van der Waals surface area contributed by atoms with Crippen molar-refractivity contribution in [2.45, 2.75) is 27.2 Å². The number of hydrogen-bond acceptors (Lipinski definition) is 3. The summed E-state index contributed by atoms with van der Waals surface area (Å²) in [4.78, 5) is 13.9. The van der Waals surface area contributed by atoms with Gasteiger partial charge in [0.2, 0.25) is 0 Å². The molecule has 0 saturated heterocycles. The van der Waals surface area contributed by atoms with Gasteiger partial charge in [-0.3, -0.25) is 4.79 Å². The Labute approximate surface area is 121 Å². The fourth-order valence-corrected chi connectivity index (χ4v) is 1.77. The number of amides is 1. The average molecular weight is 274 g/mol. The van der Waals surface area contributed by atoms with E-state index in [1.807, 2.05) is 17.9 Å². The molecule has 0 spiro atoms. The van der Waals surface area contributed by atoms with Crippen LogP contribution in [0.4, 0.5) is 0 Å². The van der Waals surface area contributed by atoms with Crippen LogP contribution in [0.5, 0.6) is 5.75 Å². The third kappa shape index (κ3) is 4.93. The maximum absolute atomic E-state index is 12.1. The Morgan fingerprint density at radius 1 is 1.35 bits per heavy atom. The van der Waals surface area contributed by atoms with Crippen molar-refractivity contribution >= 4 is 5.91 Å². The van der Waals surface area contributed by atoms with E-state index in [0.29, 0.717) is 23.8 Å². The second-order valence-corrected chi connectivity index (χ2v) is 4.87. The van der Waals surface area contributed by atoms with Crippen molar-refractivity contribution in [2.75, 3.05) is 19.7 Å². The van der Waals surface area contributed by atoms with Crippen molar-refractivity contribution in [3.8, 4) is 11.8 Å². The van der Waals surface area contributed by atoms with E-state index in [2.05, 4.69) is 13.8 Å². The van der Waals surface area contributed by atoms with E-state index in [0.717, 1.165) is 13.0 Å². The van der Waals surface area contributed by atoms with Gasteiger partial charge in [0.25, 0.3) is 5.91 Å². The molecule has 0 radical (unpaired) electrons. The van der Waals surface area contributed by atoms with E-state index in [4.69, 9.17) is 10.00 Å². The Balaban J connectivity index is 2.50. The molecule has 1 unspecified atom stereocenters. The highest BCUT2D eigenvalue weighted by Crippen LogP contribution is 2.12. The first kappa shape index (κ1) is 16.0. The van der Waals surface area contributed by atoms with Crippen molar-refractivity contribution in [1.29, 1.82) is 5.26 Å². The Morgan fingerprint density at radius 2 is 2.00 bits per heavy atom. The van der Waals surface area contributed by atoms with Crippen LogP contribution >= 0.6 is 0 Å². The largest absolute Gasteiger partial charge is 0.484 e. The first-order chi connectivity index (χ1) is 9.60. The summed E-state index contributed by atoms with van der Waals surface area (Å²) >= 11 is 0. The van der Waals surface area contributed by atoms with Crippen LogP contribution < -0.4 is 4.74 Å². The van der Waals surface area contributed by atoms with Crippen LogP contribution in [0.25, 0.3) is 0 Å². The normalized spacial score (nSPS) is 11.5. The van der Waals surface area contributed by atoms with Crippen LogP contribution in [-0.4, -0.2) is 30.5 Å². The van der Waals surface area contributed by atoms with E-state index < -0.39 is 0 Å². The monoisotopic (exact) mass is 274 g/mol. The van der Waals surface area contributed by atoms with Gasteiger partial charge in [-0.1, -0.05) is 20.3 Å². The predicted octanol–water partition coefficient (Wildman–Crippen LogP) is 2.83. The topological polar surface area (TPSA) is 53.3 Å². The molecule has 0 aliphatic rings. The van der Waals surface area contributed by atoms with E-state index in [9.17, 15) is 4.79 Å². The van der Waals surface area contributed by atoms with E-state index in [1.54, 1.807) is 24.3 Å². The smallest absolute Gasteiger partial charge is 0.260 e. The Hall–Kier alpha value is -2.02. The average Bonchev–Trinajstić information content (AvgIpc) is 2.50. The molecule has 0 aromatic heterocycles. The lowest BCUT2D eigenvalue weighted by atomic mass is 10.1. The lowest BCUT2D eigenvalue weighted by Gasteiger charge is -2.24. The summed E-state index contributed by atoms with van der Waals surface area (Å²) in [5.74, 6) is 1.10. The molecule has 0 heterocycles. The fourth-order valence-electron chi connectivity index (χ4n) is 1.77. The highest BCUT2D eigenvalue weighted by molar-refractivity contribution is 5.77. The summed E-state index contributed by atoms with van der Waals surface area (Å²) in [5, 5.41) is 8.71. The summed E-state index contributed by atoms with van der Waals surface area (Å²) in [5.41, 5.74) is 0.579. The van der Waals surface area contributed by atoms with Crippen LogP contribution in [-0.2, 0) is 4.79 Å². The summed E-state index contributed by atoms with van der Waals surface area (Å²) < 4.78 is 5.46. The second kappa shape index (κ2) is 8.21. The van der Waals surface area contributed by atoms with Crippen LogP contribution in [0.1, 0.15) is 32.8 Å². The van der Waals surface area contributed by atoms with E-state index in [-0.39, 0.29) is 12.5 Å². The van der Waals surface area contributed by atoms with Gasteiger partial charge in [0.1, 0.15) is 5.75 Å². The molecule has 1 aromatic rings. The van der Waals surface area contributed by atoms with Gasteiger partial charge < -0.3 is 9.64 Å². The number of carbonyl (C=O) groups excluding carboxylic acids is 1. The molecule has 1 atom stereocenters. The highest BCUT2D eigenvalue weighted by Gasteiger charge is 2.14. The minimum atomic E-state index is -0.00263. The molecule has 4 heteroatoms. The van der Waals surface area contributed by atoms with Crippen LogP contribution in [0.3, 0.4) is 0 Å². The molecule has 108 valence electrons. The van der Waals surface area contributed by atoms with Crippen LogP contribution in [0.15, 0.2) is 24.3 Å². The van der Waals surface area contributed by atoms with Crippen molar-refractivity contribution in [2.24, 2.45) is 5.92 Å². The standard InChI is InChI=1S/C16H22N2O2/c1-4-13(3)11-18(5-2)16(19)12-20-15-8-6-14(10-17)7-9-15/h6-9,13H,4-5,11-12H2,1-3H3. The molecular weight excluding hydrogens is 252 g/mol. The van der Waals surface area contributed by atoms with Gasteiger partial charge >= 0.3 is 0 Å². The molecular formula is C16H22N2O2. The summed E-state index contributed by atoms with van der Waals surface area (Å²) in [6, 6.07) is 8.81. The number of rotatable bonds is 7. The van der Waals surface area contributed by atoms with Crippen molar-refractivity contribution in [1.82, 2.24) is 4.90 Å². The van der Waals surface area contributed by atoms with Crippen LogP contribution in [0.2, 0.25) is 0 Å². The molecule has 0 aliphatic carbocycles. The Morgan fingerprint density at radius 3 is 2.50 bits per heavy atom. The van der Waals surface area contributed by atoms with Gasteiger partial charge in [0.05, 0.1) is 11.6 Å². The van der Waals surface area contributed by atoms with E-state index in [1.165, 1.54) is 0 Å². The van der Waals surface area contributed by atoms with Crippen molar-refractivity contribution in [3.05, 3.63) is 29.8 Å². The Kier molecular flexibility index (Phi) is 6.58. The number of carbonyl (C=O) groups is 1. The lowest BCUT2D eigenvalue weighted by molar-refractivity contribution is -0.133. The number of likely N-dealkylation sites (N-methyl/N-ethyl adjacent to an activating group) is 1. The van der Waals surface area contributed by atoms with E-state index >= 15 is 0 Å². The second-order valence-electron chi connectivity index (χ2n) is 4.87. The number of nitrogens with zero attached hydrogens (tertiary/aromatic N) is 2. The summed E-state index contributed by atoms with van der Waals surface area (Å²) in [6.07, 6.45) is 1.06. The Bertz CT molecular complexity index is 462. The zero-order valence-electron chi connectivity index (χ0n) is 12.4. The van der Waals surface area contributed by atoms with Gasteiger partial charge in [-0.15, -0.1) is 0 Å². The maximum Gasteiger partial charge on any atom is 0.260 e. The molecule has 4 nitrogen and oxygen atoms in total. The number of benzene rings is 1. The van der Waals surface area contributed by atoms with Crippen LogP contribution in [0, 0.1) is 17.2 Å². The summed E-state index contributed by atoms with van der Waals surface area (Å²) in [6.45, 7) is 7.73. The quantitative estimate of drug-likeness (QED) is 0.768. The first-order valence-electron chi connectivity index (χ1n) is 7.01. The third-order valence-electron chi connectivity index (χ3n) is 3.31. The molecule has 1 aromatic carbocycles. The molecule has 0 aliphatic heterocycles. The number of hydrogen-bond donors (Lipinski definition) is 0. The first-order valence-corrected chi connectivity index (χ1v) is 7.01.